The van der Waals surface area contributed by atoms with Gasteiger partial charge in [-0.05, 0) is 70.6 Å². The standard InChI is InChI=1S/C38H67O9P/c1-34(2)28-24-20-16-12-11-15-19-23-27-31-38(41)47-36(33-46-48(42,43)44)32-45-37(40)30-26-22-18-14-10-8-6-4-5-7-9-13-17-21-25-29-35(3)39/h5-8,13-14,17-18,34-36,39H,4,9-12,15-16,19-33H2,1-3H3,(H2,42,43,44)/b7-5-,8-6-,17-13-,18-14-/t35-,36-/m1/s1. The molecule has 0 amide bonds. The van der Waals surface area contributed by atoms with Gasteiger partial charge in [0.1, 0.15) is 6.61 Å². The smallest absolute Gasteiger partial charge is 0.462 e. The van der Waals surface area contributed by atoms with Gasteiger partial charge in [0, 0.05) is 12.8 Å². The van der Waals surface area contributed by atoms with Crippen LogP contribution in [0.1, 0.15) is 149 Å². The Morgan fingerprint density at radius 3 is 1.60 bits per heavy atom. The summed E-state index contributed by atoms with van der Waals surface area (Å²) in [4.78, 5) is 42.6. The van der Waals surface area contributed by atoms with Crippen molar-refractivity contribution >= 4 is 19.8 Å². The summed E-state index contributed by atoms with van der Waals surface area (Å²) in [5, 5.41) is 9.23. The van der Waals surface area contributed by atoms with Crippen molar-refractivity contribution < 1.29 is 43.0 Å². The predicted octanol–water partition coefficient (Wildman–Crippen LogP) is 9.61. The van der Waals surface area contributed by atoms with Gasteiger partial charge >= 0.3 is 19.8 Å². The molecule has 0 spiro atoms. The van der Waals surface area contributed by atoms with Gasteiger partial charge in [0.2, 0.25) is 0 Å². The van der Waals surface area contributed by atoms with Gasteiger partial charge in [0.25, 0.3) is 0 Å². The van der Waals surface area contributed by atoms with Gasteiger partial charge in [-0.2, -0.15) is 0 Å². The van der Waals surface area contributed by atoms with Gasteiger partial charge in [0.05, 0.1) is 12.7 Å². The van der Waals surface area contributed by atoms with Crippen LogP contribution in [0.2, 0.25) is 0 Å². The van der Waals surface area contributed by atoms with Crippen LogP contribution < -0.4 is 0 Å². The van der Waals surface area contributed by atoms with Crippen molar-refractivity contribution in [1.29, 1.82) is 0 Å². The number of phosphoric acid groups is 1. The van der Waals surface area contributed by atoms with Crippen molar-refractivity contribution in [2.75, 3.05) is 13.2 Å². The summed E-state index contributed by atoms with van der Waals surface area (Å²) >= 11 is 0. The molecule has 9 nitrogen and oxygen atoms in total. The highest BCUT2D eigenvalue weighted by Gasteiger charge is 2.22. The lowest BCUT2D eigenvalue weighted by molar-refractivity contribution is -0.161. The summed E-state index contributed by atoms with van der Waals surface area (Å²) in [6.07, 6.45) is 34.1. The number of aliphatic hydroxyl groups is 1. The van der Waals surface area contributed by atoms with Gasteiger partial charge < -0.3 is 24.4 Å². The molecule has 0 saturated heterocycles. The van der Waals surface area contributed by atoms with Crippen molar-refractivity contribution in [2.24, 2.45) is 5.92 Å². The Kier molecular flexibility index (Phi) is 30.8. The number of ether oxygens (including phenoxy) is 2. The number of aliphatic hydroxyl groups excluding tert-OH is 1. The van der Waals surface area contributed by atoms with Gasteiger partial charge in [-0.25, -0.2) is 4.57 Å². The second kappa shape index (κ2) is 32.2. The first-order chi connectivity index (χ1) is 23.0. The quantitative estimate of drug-likeness (QED) is 0.0271. The maximum atomic E-state index is 12.3. The van der Waals surface area contributed by atoms with Crippen LogP contribution >= 0.6 is 7.82 Å². The Bertz CT molecular complexity index is 950. The average molecular weight is 699 g/mol. The van der Waals surface area contributed by atoms with E-state index in [0.717, 1.165) is 63.7 Å². The third kappa shape index (κ3) is 36.8. The summed E-state index contributed by atoms with van der Waals surface area (Å²) in [5.74, 6) is -0.195. The van der Waals surface area contributed by atoms with E-state index >= 15 is 0 Å². The Morgan fingerprint density at radius 1 is 0.604 bits per heavy atom. The summed E-state index contributed by atoms with van der Waals surface area (Å²) in [6, 6.07) is 0. The Hall–Kier alpha value is -2.03. The monoisotopic (exact) mass is 698 g/mol. The maximum absolute atomic E-state index is 12.3. The molecule has 0 rings (SSSR count). The van der Waals surface area contributed by atoms with Crippen LogP contribution in [0.5, 0.6) is 0 Å². The Balaban J connectivity index is 4.09. The first kappa shape index (κ1) is 46.0. The lowest BCUT2D eigenvalue weighted by Crippen LogP contribution is -2.29. The SMILES string of the molecule is CC(C)CCCCCCCCCCCC(=O)O[C@H](COC(=O)CCC/C=C\C/C=C\C/C=C\C/C=C\CCC[C@@H](C)O)COP(=O)(O)O. The molecule has 2 atom stereocenters. The molecule has 0 radical (unpaired) electrons. The highest BCUT2D eigenvalue weighted by atomic mass is 31.2. The number of allylic oxidation sites excluding steroid dienone is 8. The van der Waals surface area contributed by atoms with Crippen LogP contribution in [0.25, 0.3) is 0 Å². The first-order valence-electron chi connectivity index (χ1n) is 18.3. The summed E-state index contributed by atoms with van der Waals surface area (Å²) in [6.45, 7) is 5.45. The molecular weight excluding hydrogens is 631 g/mol. The Morgan fingerprint density at radius 2 is 1.08 bits per heavy atom. The number of phosphoric ester groups is 1. The largest absolute Gasteiger partial charge is 0.469 e. The fourth-order valence-electron chi connectivity index (χ4n) is 4.80. The normalized spacial score (nSPS) is 13.8. The second-order valence-corrected chi connectivity index (χ2v) is 14.2. The molecule has 0 bridgehead atoms. The number of rotatable bonds is 32. The number of unbranched alkanes of at least 4 members (excludes halogenated alkanes) is 10. The topological polar surface area (TPSA) is 140 Å². The second-order valence-electron chi connectivity index (χ2n) is 13.0. The summed E-state index contributed by atoms with van der Waals surface area (Å²) in [5.41, 5.74) is 0. The summed E-state index contributed by atoms with van der Waals surface area (Å²) in [7, 11) is -4.77. The minimum Gasteiger partial charge on any atom is -0.462 e. The maximum Gasteiger partial charge on any atom is 0.469 e. The van der Waals surface area contributed by atoms with E-state index in [1.54, 1.807) is 0 Å². The molecule has 0 heterocycles. The van der Waals surface area contributed by atoms with E-state index in [1.807, 2.05) is 19.1 Å². The zero-order valence-electron chi connectivity index (χ0n) is 30.1. The average Bonchev–Trinajstić information content (AvgIpc) is 3.01. The van der Waals surface area contributed by atoms with Crippen LogP contribution in [0, 0.1) is 5.92 Å². The number of esters is 2. The number of carbonyl (C=O) groups excluding carboxylic acids is 2. The molecule has 48 heavy (non-hydrogen) atoms. The third-order valence-electron chi connectivity index (χ3n) is 7.55. The summed E-state index contributed by atoms with van der Waals surface area (Å²) < 4.78 is 26.2. The minimum atomic E-state index is -4.77. The lowest BCUT2D eigenvalue weighted by Gasteiger charge is -2.18. The van der Waals surface area contributed by atoms with E-state index in [4.69, 9.17) is 19.3 Å². The molecule has 0 aromatic heterocycles. The predicted molar refractivity (Wildman–Crippen MR) is 194 cm³/mol. The molecule has 0 aliphatic rings. The van der Waals surface area contributed by atoms with Gasteiger partial charge in [0.15, 0.2) is 6.10 Å². The zero-order valence-corrected chi connectivity index (χ0v) is 31.0. The molecular formula is C38H67O9P. The number of hydrogen-bond acceptors (Lipinski definition) is 7. The molecule has 0 fully saturated rings. The highest BCUT2D eigenvalue weighted by molar-refractivity contribution is 7.46. The molecule has 10 heteroatoms. The molecule has 3 N–H and O–H groups in total. The van der Waals surface area contributed by atoms with E-state index in [0.29, 0.717) is 19.3 Å². The highest BCUT2D eigenvalue weighted by Crippen LogP contribution is 2.36. The van der Waals surface area contributed by atoms with Crippen LogP contribution in [0.3, 0.4) is 0 Å². The fourth-order valence-corrected chi connectivity index (χ4v) is 5.16. The molecule has 0 aromatic carbocycles. The number of hydrogen-bond donors (Lipinski definition) is 3. The molecule has 0 aliphatic heterocycles. The van der Waals surface area contributed by atoms with Gasteiger partial charge in [-0.1, -0.05) is 120 Å². The zero-order chi connectivity index (χ0) is 35.7. The molecule has 0 aliphatic carbocycles. The van der Waals surface area contributed by atoms with E-state index in [9.17, 15) is 19.3 Å². The van der Waals surface area contributed by atoms with Crippen molar-refractivity contribution in [2.45, 2.75) is 161 Å². The molecule has 0 aromatic rings. The van der Waals surface area contributed by atoms with E-state index in [2.05, 4.69) is 54.8 Å². The van der Waals surface area contributed by atoms with Crippen molar-refractivity contribution in [3.63, 3.8) is 0 Å². The van der Waals surface area contributed by atoms with E-state index in [1.165, 1.54) is 38.5 Å². The fraction of sp³-hybridized carbons (Fsp3) is 0.737. The van der Waals surface area contributed by atoms with Crippen molar-refractivity contribution in [3.05, 3.63) is 48.6 Å². The van der Waals surface area contributed by atoms with E-state index < -0.39 is 32.5 Å². The van der Waals surface area contributed by atoms with E-state index in [-0.39, 0.29) is 25.6 Å². The molecule has 0 unspecified atom stereocenters. The van der Waals surface area contributed by atoms with Crippen molar-refractivity contribution in [3.8, 4) is 0 Å². The van der Waals surface area contributed by atoms with Crippen LogP contribution in [0.15, 0.2) is 48.6 Å². The van der Waals surface area contributed by atoms with Gasteiger partial charge in [-0.3, -0.25) is 14.1 Å². The molecule has 0 saturated carbocycles. The number of carbonyl (C=O) groups is 2. The van der Waals surface area contributed by atoms with Crippen molar-refractivity contribution in [1.82, 2.24) is 0 Å². The first-order valence-corrected chi connectivity index (χ1v) is 19.9. The van der Waals surface area contributed by atoms with Gasteiger partial charge in [-0.15, -0.1) is 0 Å². The van der Waals surface area contributed by atoms with Crippen LogP contribution in [-0.4, -0.2) is 52.3 Å². The van der Waals surface area contributed by atoms with Crippen LogP contribution in [0.4, 0.5) is 0 Å². The molecule has 278 valence electrons. The lowest BCUT2D eigenvalue weighted by atomic mass is 10.0. The minimum absolute atomic E-state index is 0.179. The third-order valence-corrected chi connectivity index (χ3v) is 8.03. The Labute approximate surface area is 291 Å². The van der Waals surface area contributed by atoms with Crippen LogP contribution in [-0.2, 0) is 28.2 Å².